The van der Waals surface area contributed by atoms with E-state index in [9.17, 15) is 9.18 Å². The van der Waals surface area contributed by atoms with E-state index in [4.69, 9.17) is 5.26 Å². The molecule has 0 aromatic heterocycles. The molecule has 0 spiro atoms. The van der Waals surface area contributed by atoms with Crippen molar-refractivity contribution in [2.24, 2.45) is 5.92 Å². The lowest BCUT2D eigenvalue weighted by Crippen LogP contribution is -2.34. The maximum absolute atomic E-state index is 13.0. The highest BCUT2D eigenvalue weighted by atomic mass is 19.1. The number of carbonyl (C=O) groups excluding carboxylic acids is 1. The second-order valence-corrected chi connectivity index (χ2v) is 6.10. The van der Waals surface area contributed by atoms with E-state index in [2.05, 4.69) is 15.5 Å². The topological polar surface area (TPSA) is 68.2 Å². The molecule has 1 aliphatic heterocycles. The van der Waals surface area contributed by atoms with Gasteiger partial charge in [0.1, 0.15) is 5.82 Å². The zero-order valence-electron chi connectivity index (χ0n) is 13.7. The van der Waals surface area contributed by atoms with Crippen LogP contribution in [-0.4, -0.2) is 25.7 Å². The minimum Gasteiger partial charge on any atom is -0.371 e. The molecule has 1 aliphatic rings. The maximum Gasteiger partial charge on any atom is 0.319 e. The van der Waals surface area contributed by atoms with Crippen molar-refractivity contribution in [2.45, 2.75) is 6.42 Å². The summed E-state index contributed by atoms with van der Waals surface area (Å²) in [6.07, 6.45) is 0.981. The average Bonchev–Trinajstić information content (AvgIpc) is 3.10. The number of carbonyl (C=O) groups is 1. The second-order valence-electron chi connectivity index (χ2n) is 6.10. The van der Waals surface area contributed by atoms with Crippen LogP contribution in [0.5, 0.6) is 0 Å². The predicted molar refractivity (Wildman–Crippen MR) is 94.9 cm³/mol. The third kappa shape index (κ3) is 4.48. The van der Waals surface area contributed by atoms with E-state index >= 15 is 0 Å². The van der Waals surface area contributed by atoms with Gasteiger partial charge >= 0.3 is 6.03 Å². The van der Waals surface area contributed by atoms with Crippen molar-refractivity contribution in [3.63, 3.8) is 0 Å². The summed E-state index contributed by atoms with van der Waals surface area (Å²) in [4.78, 5) is 14.2. The molecule has 1 heterocycles. The third-order valence-corrected chi connectivity index (χ3v) is 4.30. The van der Waals surface area contributed by atoms with Gasteiger partial charge in [-0.1, -0.05) is 0 Å². The Bertz CT molecular complexity index is 768. The molecule has 1 saturated heterocycles. The van der Waals surface area contributed by atoms with Gasteiger partial charge in [-0.3, -0.25) is 0 Å². The van der Waals surface area contributed by atoms with Crippen LogP contribution in [0.2, 0.25) is 0 Å². The average molecular weight is 338 g/mol. The second kappa shape index (κ2) is 7.67. The predicted octanol–water partition coefficient (Wildman–Crippen LogP) is 3.35. The minimum absolute atomic E-state index is 0.236. The highest BCUT2D eigenvalue weighted by Gasteiger charge is 2.23. The monoisotopic (exact) mass is 338 g/mol. The van der Waals surface area contributed by atoms with Gasteiger partial charge in [-0.25, -0.2) is 9.18 Å². The lowest BCUT2D eigenvalue weighted by Gasteiger charge is -2.19. The lowest BCUT2D eigenvalue weighted by molar-refractivity contribution is 0.250. The minimum atomic E-state index is -0.259. The van der Waals surface area contributed by atoms with Gasteiger partial charge in [0.25, 0.3) is 0 Å². The van der Waals surface area contributed by atoms with Gasteiger partial charge < -0.3 is 15.5 Å². The van der Waals surface area contributed by atoms with Crippen LogP contribution in [-0.2, 0) is 0 Å². The molecule has 3 rings (SSSR count). The first-order chi connectivity index (χ1) is 12.1. The molecule has 128 valence electrons. The normalized spacial score (nSPS) is 16.3. The number of anilines is 2. The summed E-state index contributed by atoms with van der Waals surface area (Å²) in [6, 6.07) is 15.0. The molecule has 2 N–H and O–H groups in total. The summed E-state index contributed by atoms with van der Waals surface area (Å²) in [7, 11) is 0. The number of amides is 2. The molecule has 0 radical (unpaired) electrons. The zero-order valence-corrected chi connectivity index (χ0v) is 13.7. The summed E-state index contributed by atoms with van der Waals surface area (Å²) < 4.78 is 13.0. The molecule has 2 aromatic rings. The molecule has 1 fully saturated rings. The first-order valence-electron chi connectivity index (χ1n) is 8.19. The van der Waals surface area contributed by atoms with E-state index in [1.165, 1.54) is 12.1 Å². The van der Waals surface area contributed by atoms with E-state index in [0.29, 0.717) is 23.7 Å². The molecule has 1 unspecified atom stereocenters. The largest absolute Gasteiger partial charge is 0.371 e. The Labute approximate surface area is 146 Å². The molecule has 1 atom stereocenters. The Morgan fingerprint density at radius 1 is 1.20 bits per heavy atom. The van der Waals surface area contributed by atoms with Crippen LogP contribution in [0.3, 0.4) is 0 Å². The smallest absolute Gasteiger partial charge is 0.319 e. The van der Waals surface area contributed by atoms with Crippen molar-refractivity contribution in [3.05, 3.63) is 59.9 Å². The first kappa shape index (κ1) is 16.8. The van der Waals surface area contributed by atoms with Crippen molar-refractivity contribution in [2.75, 3.05) is 29.9 Å². The maximum atomic E-state index is 13.0. The van der Waals surface area contributed by atoms with Crippen molar-refractivity contribution in [1.29, 1.82) is 5.26 Å². The number of hydrogen-bond donors (Lipinski definition) is 2. The standard InChI is InChI=1S/C19H19FN4O/c20-16-3-7-18(8-4-16)24-10-9-15(13-24)12-22-19(25)23-17-5-1-14(11-21)2-6-17/h1-8,15H,9-10,12-13H2,(H2,22,23,25). The molecule has 2 amide bonds. The highest BCUT2D eigenvalue weighted by Crippen LogP contribution is 2.23. The van der Waals surface area contributed by atoms with Crippen molar-refractivity contribution >= 4 is 17.4 Å². The van der Waals surface area contributed by atoms with Crippen LogP contribution in [0.25, 0.3) is 0 Å². The van der Waals surface area contributed by atoms with E-state index in [1.54, 1.807) is 36.4 Å². The molecule has 2 aromatic carbocycles. The van der Waals surface area contributed by atoms with Crippen LogP contribution in [0, 0.1) is 23.1 Å². The van der Waals surface area contributed by atoms with Crippen LogP contribution in [0.4, 0.5) is 20.6 Å². The number of urea groups is 1. The number of nitriles is 1. The highest BCUT2D eigenvalue weighted by molar-refractivity contribution is 5.89. The summed E-state index contributed by atoms with van der Waals surface area (Å²) >= 11 is 0. The Morgan fingerprint density at radius 2 is 1.92 bits per heavy atom. The fraction of sp³-hybridized carbons (Fsp3) is 0.263. The molecular formula is C19H19FN4O. The van der Waals surface area contributed by atoms with Crippen LogP contribution in [0.15, 0.2) is 48.5 Å². The van der Waals surface area contributed by atoms with Gasteiger partial charge in [0.15, 0.2) is 0 Å². The van der Waals surface area contributed by atoms with E-state index in [1.807, 2.05) is 6.07 Å². The van der Waals surface area contributed by atoms with E-state index in [0.717, 1.165) is 25.2 Å². The van der Waals surface area contributed by atoms with Gasteiger partial charge in [0.05, 0.1) is 11.6 Å². The number of nitrogens with zero attached hydrogens (tertiary/aromatic N) is 2. The summed E-state index contributed by atoms with van der Waals surface area (Å²) in [5, 5.41) is 14.4. The molecule has 0 bridgehead atoms. The van der Waals surface area contributed by atoms with Crippen LogP contribution < -0.4 is 15.5 Å². The van der Waals surface area contributed by atoms with Gasteiger partial charge in [-0.2, -0.15) is 5.26 Å². The third-order valence-electron chi connectivity index (χ3n) is 4.30. The van der Waals surface area contributed by atoms with Crippen molar-refractivity contribution < 1.29 is 9.18 Å². The summed E-state index contributed by atoms with van der Waals surface area (Å²) in [6.45, 7) is 2.32. The molecule has 5 nitrogen and oxygen atoms in total. The van der Waals surface area contributed by atoms with Gasteiger partial charge in [-0.15, -0.1) is 0 Å². The molecular weight excluding hydrogens is 319 g/mol. The van der Waals surface area contributed by atoms with Crippen molar-refractivity contribution in [1.82, 2.24) is 5.32 Å². The molecule has 0 saturated carbocycles. The van der Waals surface area contributed by atoms with Gasteiger partial charge in [0, 0.05) is 31.0 Å². The molecule has 0 aliphatic carbocycles. The number of halogens is 1. The summed E-state index contributed by atoms with van der Waals surface area (Å²) in [5.41, 5.74) is 2.21. The van der Waals surface area contributed by atoms with E-state index in [-0.39, 0.29) is 11.8 Å². The van der Waals surface area contributed by atoms with Gasteiger partial charge in [0.2, 0.25) is 0 Å². The molecule has 25 heavy (non-hydrogen) atoms. The van der Waals surface area contributed by atoms with Gasteiger partial charge in [-0.05, 0) is 60.9 Å². The number of benzene rings is 2. The fourth-order valence-corrected chi connectivity index (χ4v) is 2.93. The van der Waals surface area contributed by atoms with E-state index < -0.39 is 0 Å². The quantitative estimate of drug-likeness (QED) is 0.898. The zero-order chi connectivity index (χ0) is 17.6. The lowest BCUT2D eigenvalue weighted by atomic mass is 10.1. The number of rotatable bonds is 4. The van der Waals surface area contributed by atoms with Crippen LogP contribution >= 0.6 is 0 Å². The van der Waals surface area contributed by atoms with Crippen LogP contribution in [0.1, 0.15) is 12.0 Å². The first-order valence-corrected chi connectivity index (χ1v) is 8.19. The Morgan fingerprint density at radius 3 is 2.60 bits per heavy atom. The number of hydrogen-bond acceptors (Lipinski definition) is 3. The summed E-state index contributed by atoms with van der Waals surface area (Å²) in [5.74, 6) is 0.123. The number of nitrogens with one attached hydrogen (secondary N) is 2. The molecule has 6 heteroatoms. The Hall–Kier alpha value is -3.07. The Kier molecular flexibility index (Phi) is 5.14. The van der Waals surface area contributed by atoms with Crippen molar-refractivity contribution in [3.8, 4) is 6.07 Å². The Balaban J connectivity index is 1.45. The fourth-order valence-electron chi connectivity index (χ4n) is 2.93. The SMILES string of the molecule is N#Cc1ccc(NC(=O)NCC2CCN(c3ccc(F)cc3)C2)cc1.